The van der Waals surface area contributed by atoms with Crippen LogP contribution in [0.5, 0.6) is 0 Å². The molecule has 1 aliphatic heterocycles. The summed E-state index contributed by atoms with van der Waals surface area (Å²) in [6, 6.07) is 10.4. The van der Waals surface area contributed by atoms with Crippen LogP contribution in [0.1, 0.15) is 31.4 Å². The van der Waals surface area contributed by atoms with E-state index < -0.39 is 15.8 Å². The minimum absolute atomic E-state index is 0.0433. The second kappa shape index (κ2) is 8.36. The van der Waals surface area contributed by atoms with Gasteiger partial charge in [-0.3, -0.25) is 4.79 Å². The number of carbonyl (C=O) groups excluding carboxylic acids is 1. The lowest BCUT2D eigenvalue weighted by Crippen LogP contribution is -2.43. The molecule has 0 aliphatic carbocycles. The van der Waals surface area contributed by atoms with Crippen LogP contribution in [0.2, 0.25) is 0 Å². The Morgan fingerprint density at radius 2 is 1.50 bits per heavy atom. The van der Waals surface area contributed by atoms with Gasteiger partial charge in [-0.15, -0.1) is 0 Å². The topological polar surface area (TPSA) is 66.5 Å². The smallest absolute Gasteiger partial charge is 0.243 e. The van der Waals surface area contributed by atoms with E-state index in [1.807, 2.05) is 6.92 Å². The highest BCUT2D eigenvalue weighted by atomic mass is 32.2. The number of rotatable bonds is 5. The lowest BCUT2D eigenvalue weighted by molar-refractivity contribution is -0.126. The van der Waals surface area contributed by atoms with Crippen molar-refractivity contribution in [3.8, 4) is 0 Å². The molecule has 2 aromatic carbocycles. The zero-order valence-corrected chi connectivity index (χ0v) is 16.3. The van der Waals surface area contributed by atoms with Crippen molar-refractivity contribution in [1.29, 1.82) is 0 Å². The van der Waals surface area contributed by atoms with Crippen LogP contribution in [-0.2, 0) is 14.8 Å². The molecule has 1 unspecified atom stereocenters. The molecule has 1 aliphatic rings. The average Bonchev–Trinajstić information content (AvgIpc) is 2.69. The molecule has 0 aromatic heterocycles. The SMILES string of the molecule is CC(NC(=O)C1CCN(S(=O)(=O)c2ccc(F)cc2)CC1)c1ccc(F)cc1. The van der Waals surface area contributed by atoms with Gasteiger partial charge in [0.25, 0.3) is 0 Å². The monoisotopic (exact) mass is 408 g/mol. The summed E-state index contributed by atoms with van der Waals surface area (Å²) in [5.74, 6) is -1.26. The van der Waals surface area contributed by atoms with E-state index in [-0.39, 0.29) is 41.7 Å². The number of hydrogen-bond acceptors (Lipinski definition) is 3. The van der Waals surface area contributed by atoms with Crippen LogP contribution in [0.4, 0.5) is 8.78 Å². The number of nitrogens with one attached hydrogen (secondary N) is 1. The number of amides is 1. The van der Waals surface area contributed by atoms with Crippen LogP contribution in [0.3, 0.4) is 0 Å². The van der Waals surface area contributed by atoms with Crippen LogP contribution in [0.15, 0.2) is 53.4 Å². The molecule has 1 N–H and O–H groups in total. The van der Waals surface area contributed by atoms with Gasteiger partial charge >= 0.3 is 0 Å². The summed E-state index contributed by atoms with van der Waals surface area (Å²) >= 11 is 0. The molecule has 28 heavy (non-hydrogen) atoms. The van der Waals surface area contributed by atoms with E-state index in [0.717, 1.165) is 17.7 Å². The minimum atomic E-state index is -3.70. The second-order valence-electron chi connectivity index (χ2n) is 6.91. The quantitative estimate of drug-likeness (QED) is 0.826. The van der Waals surface area contributed by atoms with Crippen LogP contribution in [0, 0.1) is 17.6 Å². The molecule has 0 spiro atoms. The van der Waals surface area contributed by atoms with Gasteiger partial charge in [-0.1, -0.05) is 12.1 Å². The second-order valence-corrected chi connectivity index (χ2v) is 8.85. The van der Waals surface area contributed by atoms with Gasteiger partial charge in [-0.2, -0.15) is 4.31 Å². The van der Waals surface area contributed by atoms with Crippen LogP contribution in [0.25, 0.3) is 0 Å². The maximum atomic E-state index is 13.0. The zero-order chi connectivity index (χ0) is 20.3. The normalized spacial score (nSPS) is 17.2. The largest absolute Gasteiger partial charge is 0.349 e. The Labute approximate surface area is 163 Å². The first-order chi connectivity index (χ1) is 13.3. The molecule has 2 aromatic rings. The molecule has 150 valence electrons. The van der Waals surface area contributed by atoms with E-state index >= 15 is 0 Å². The van der Waals surface area contributed by atoms with E-state index in [9.17, 15) is 22.0 Å². The Balaban J connectivity index is 1.57. The Hall–Kier alpha value is -2.32. The van der Waals surface area contributed by atoms with Gasteiger partial charge in [-0.25, -0.2) is 17.2 Å². The predicted molar refractivity (Wildman–Crippen MR) is 101 cm³/mol. The highest BCUT2D eigenvalue weighted by Gasteiger charge is 2.32. The lowest BCUT2D eigenvalue weighted by atomic mass is 9.96. The number of halogens is 2. The zero-order valence-electron chi connectivity index (χ0n) is 15.4. The van der Waals surface area contributed by atoms with Crippen molar-refractivity contribution in [3.05, 3.63) is 65.7 Å². The van der Waals surface area contributed by atoms with Gasteiger partial charge < -0.3 is 5.32 Å². The van der Waals surface area contributed by atoms with E-state index in [1.54, 1.807) is 12.1 Å². The molecular weight excluding hydrogens is 386 g/mol. The average molecular weight is 408 g/mol. The number of nitrogens with zero attached hydrogens (tertiary/aromatic N) is 1. The molecule has 1 amide bonds. The summed E-state index contributed by atoms with van der Waals surface area (Å²) in [5.41, 5.74) is 0.797. The van der Waals surface area contributed by atoms with E-state index in [1.165, 1.54) is 28.6 Å². The van der Waals surface area contributed by atoms with Crippen molar-refractivity contribution in [3.63, 3.8) is 0 Å². The molecule has 0 saturated carbocycles. The first-order valence-corrected chi connectivity index (χ1v) is 10.5. The fraction of sp³-hybridized carbons (Fsp3) is 0.350. The fourth-order valence-electron chi connectivity index (χ4n) is 3.28. The van der Waals surface area contributed by atoms with Crippen LogP contribution >= 0.6 is 0 Å². The number of carbonyl (C=O) groups is 1. The molecule has 5 nitrogen and oxygen atoms in total. The summed E-state index contributed by atoms with van der Waals surface area (Å²) < 4.78 is 52.7. The standard InChI is InChI=1S/C20H22F2N2O3S/c1-14(15-2-4-17(21)5-3-15)23-20(25)16-10-12-24(13-11-16)28(26,27)19-8-6-18(22)7-9-19/h2-9,14,16H,10-13H2,1H3,(H,23,25). The molecule has 0 radical (unpaired) electrons. The Kier molecular flexibility index (Phi) is 6.10. The number of sulfonamides is 1. The van der Waals surface area contributed by atoms with Gasteiger partial charge in [0, 0.05) is 19.0 Å². The summed E-state index contributed by atoms with van der Waals surface area (Å²) in [6.07, 6.45) is 0.810. The van der Waals surface area contributed by atoms with Crippen molar-refractivity contribution in [2.24, 2.45) is 5.92 Å². The highest BCUT2D eigenvalue weighted by molar-refractivity contribution is 7.89. The fourth-order valence-corrected chi connectivity index (χ4v) is 4.75. The summed E-state index contributed by atoms with van der Waals surface area (Å²) in [5, 5.41) is 2.91. The van der Waals surface area contributed by atoms with Crippen LogP contribution in [-0.4, -0.2) is 31.7 Å². The van der Waals surface area contributed by atoms with Crippen molar-refractivity contribution < 1.29 is 22.0 Å². The van der Waals surface area contributed by atoms with E-state index in [2.05, 4.69) is 5.32 Å². The molecular formula is C20H22F2N2O3S. The maximum absolute atomic E-state index is 13.0. The third-order valence-electron chi connectivity index (χ3n) is 5.00. The highest BCUT2D eigenvalue weighted by Crippen LogP contribution is 2.25. The summed E-state index contributed by atoms with van der Waals surface area (Å²) in [7, 11) is -3.70. The third-order valence-corrected chi connectivity index (χ3v) is 6.92. The van der Waals surface area contributed by atoms with Gasteiger partial charge in [0.15, 0.2) is 0 Å². The molecule has 1 fully saturated rings. The predicted octanol–water partition coefficient (Wildman–Crippen LogP) is 3.24. The molecule has 3 rings (SSSR count). The maximum Gasteiger partial charge on any atom is 0.243 e. The van der Waals surface area contributed by atoms with Crippen molar-refractivity contribution in [2.45, 2.75) is 30.7 Å². The van der Waals surface area contributed by atoms with Crippen molar-refractivity contribution in [1.82, 2.24) is 9.62 Å². The number of hydrogen-bond donors (Lipinski definition) is 1. The van der Waals surface area contributed by atoms with Crippen LogP contribution < -0.4 is 5.32 Å². The summed E-state index contributed by atoms with van der Waals surface area (Å²) in [6.45, 7) is 2.27. The van der Waals surface area contributed by atoms with Gasteiger partial charge in [0.1, 0.15) is 11.6 Å². The van der Waals surface area contributed by atoms with E-state index in [0.29, 0.717) is 12.8 Å². The molecule has 0 bridgehead atoms. The van der Waals surface area contributed by atoms with Gasteiger partial charge in [0.05, 0.1) is 10.9 Å². The minimum Gasteiger partial charge on any atom is -0.349 e. The molecule has 1 heterocycles. The molecule has 1 saturated heterocycles. The first kappa shape index (κ1) is 20.4. The number of piperidine rings is 1. The first-order valence-electron chi connectivity index (χ1n) is 9.09. The molecule has 8 heteroatoms. The summed E-state index contributed by atoms with van der Waals surface area (Å²) in [4.78, 5) is 12.6. The number of benzene rings is 2. The van der Waals surface area contributed by atoms with Gasteiger partial charge in [0.2, 0.25) is 15.9 Å². The molecule has 1 atom stereocenters. The van der Waals surface area contributed by atoms with Crippen molar-refractivity contribution in [2.75, 3.05) is 13.1 Å². The lowest BCUT2D eigenvalue weighted by Gasteiger charge is -2.31. The van der Waals surface area contributed by atoms with Gasteiger partial charge in [-0.05, 0) is 61.7 Å². The van der Waals surface area contributed by atoms with Crippen molar-refractivity contribution >= 4 is 15.9 Å². The van der Waals surface area contributed by atoms with E-state index in [4.69, 9.17) is 0 Å². The Morgan fingerprint density at radius 3 is 2.04 bits per heavy atom. The third kappa shape index (κ3) is 4.56. The Bertz CT molecular complexity index is 923. The Morgan fingerprint density at radius 1 is 1.00 bits per heavy atom.